The summed E-state index contributed by atoms with van der Waals surface area (Å²) in [6.45, 7) is 6.58. The van der Waals surface area contributed by atoms with Crippen LogP contribution in [-0.2, 0) is 18.0 Å². The topological polar surface area (TPSA) is 47.9 Å². The van der Waals surface area contributed by atoms with E-state index in [0.29, 0.717) is 12.5 Å². The molecule has 136 valence electrons. The molecule has 0 saturated carbocycles. The first-order valence-electron chi connectivity index (χ1n) is 8.72. The van der Waals surface area contributed by atoms with Gasteiger partial charge < -0.3 is 19.3 Å². The second-order valence-electron chi connectivity index (χ2n) is 6.17. The van der Waals surface area contributed by atoms with E-state index < -0.39 is 0 Å². The number of ether oxygens (including phenoxy) is 3. The molecule has 0 aromatic heterocycles. The Hall–Kier alpha value is -2.04. The van der Waals surface area contributed by atoms with Crippen LogP contribution in [0.15, 0.2) is 42.5 Å². The number of benzene rings is 2. The summed E-state index contributed by atoms with van der Waals surface area (Å²) in [5.41, 5.74) is 3.03. The highest BCUT2D eigenvalue weighted by Crippen LogP contribution is 2.23. The van der Waals surface area contributed by atoms with Crippen LogP contribution in [0.1, 0.15) is 49.8 Å². The lowest BCUT2D eigenvalue weighted by Crippen LogP contribution is -2.16. The van der Waals surface area contributed by atoms with Gasteiger partial charge >= 0.3 is 0 Å². The maximum Gasteiger partial charge on any atom is 0.197 e. The lowest BCUT2D eigenvalue weighted by atomic mass is 9.99. The van der Waals surface area contributed by atoms with Crippen LogP contribution in [0.2, 0.25) is 0 Å². The predicted molar refractivity (Wildman–Crippen MR) is 98.9 cm³/mol. The van der Waals surface area contributed by atoms with Crippen molar-refractivity contribution in [1.82, 2.24) is 0 Å². The van der Waals surface area contributed by atoms with Crippen molar-refractivity contribution in [3.63, 3.8) is 0 Å². The van der Waals surface area contributed by atoms with Gasteiger partial charge in [0.2, 0.25) is 0 Å². The third-order valence-electron chi connectivity index (χ3n) is 4.42. The summed E-state index contributed by atoms with van der Waals surface area (Å²) in [6.07, 6.45) is 0.734. The zero-order valence-corrected chi connectivity index (χ0v) is 15.5. The van der Waals surface area contributed by atoms with E-state index in [1.807, 2.05) is 37.3 Å². The van der Waals surface area contributed by atoms with Crippen LogP contribution < -0.4 is 9.47 Å². The average molecular weight is 344 g/mol. The summed E-state index contributed by atoms with van der Waals surface area (Å²) in [5, 5.41) is 9.49. The molecule has 2 atom stereocenters. The van der Waals surface area contributed by atoms with Gasteiger partial charge in [-0.1, -0.05) is 32.0 Å². The van der Waals surface area contributed by atoms with Gasteiger partial charge in [-0.25, -0.2) is 0 Å². The summed E-state index contributed by atoms with van der Waals surface area (Å²) in [5.74, 6) is 2.06. The average Bonchev–Trinajstić information content (AvgIpc) is 2.66. The van der Waals surface area contributed by atoms with E-state index >= 15 is 0 Å². The van der Waals surface area contributed by atoms with Crippen molar-refractivity contribution in [2.75, 3.05) is 7.11 Å². The van der Waals surface area contributed by atoms with Gasteiger partial charge in [0.1, 0.15) is 11.5 Å². The van der Waals surface area contributed by atoms with Gasteiger partial charge in [0.05, 0.1) is 20.3 Å². The van der Waals surface area contributed by atoms with Crippen LogP contribution >= 0.6 is 0 Å². The van der Waals surface area contributed by atoms with E-state index in [0.717, 1.165) is 29.0 Å². The number of hydrogen-bond acceptors (Lipinski definition) is 4. The molecule has 0 bridgehead atoms. The summed E-state index contributed by atoms with van der Waals surface area (Å²) >= 11 is 0. The number of hydrogen-bond donors (Lipinski definition) is 1. The Bertz CT molecular complexity index is 651. The molecule has 1 N–H and O–H groups in total. The normalized spacial score (nSPS) is 13.3. The van der Waals surface area contributed by atoms with Crippen molar-refractivity contribution in [2.45, 2.75) is 52.6 Å². The molecule has 2 rings (SSSR count). The predicted octanol–water partition coefficient (Wildman–Crippen LogP) is 4.64. The van der Waals surface area contributed by atoms with Crippen molar-refractivity contribution in [1.29, 1.82) is 0 Å². The molecule has 25 heavy (non-hydrogen) atoms. The van der Waals surface area contributed by atoms with Crippen LogP contribution in [0.25, 0.3) is 0 Å². The third kappa shape index (κ3) is 5.48. The summed E-state index contributed by atoms with van der Waals surface area (Å²) in [6, 6.07) is 13.7. The highest BCUT2D eigenvalue weighted by Gasteiger charge is 2.09. The van der Waals surface area contributed by atoms with Crippen LogP contribution in [0.3, 0.4) is 0 Å². The molecular formula is C21H28O4. The zero-order chi connectivity index (χ0) is 18.2. The second kappa shape index (κ2) is 9.44. The molecular weight excluding hydrogens is 316 g/mol. The van der Waals surface area contributed by atoms with Gasteiger partial charge in [0, 0.05) is 0 Å². The standard InChI is InChI=1S/C21H28O4/c1-5-15(2)17-6-9-20(10-7-17)25-16(3)24-14-18-8-11-21(23-4)12-19(18)13-22/h6-12,15-16,22H,5,13-14H2,1-4H3. The summed E-state index contributed by atoms with van der Waals surface area (Å²) < 4.78 is 16.8. The quantitative estimate of drug-likeness (QED) is 0.673. The minimum atomic E-state index is -0.386. The van der Waals surface area contributed by atoms with Crippen LogP contribution in [-0.4, -0.2) is 18.5 Å². The number of aliphatic hydroxyl groups excluding tert-OH is 1. The van der Waals surface area contributed by atoms with E-state index in [1.165, 1.54) is 5.56 Å². The summed E-state index contributed by atoms with van der Waals surface area (Å²) in [4.78, 5) is 0. The van der Waals surface area contributed by atoms with E-state index in [1.54, 1.807) is 7.11 Å². The van der Waals surface area contributed by atoms with Gasteiger partial charge in [-0.3, -0.25) is 0 Å². The Kier molecular flexibility index (Phi) is 7.29. The monoisotopic (exact) mass is 344 g/mol. The highest BCUT2D eigenvalue weighted by molar-refractivity contribution is 5.35. The van der Waals surface area contributed by atoms with Crippen molar-refractivity contribution in [3.05, 3.63) is 59.2 Å². The number of methoxy groups -OCH3 is 1. The van der Waals surface area contributed by atoms with Gasteiger partial charge in [0.25, 0.3) is 0 Å². The Morgan fingerprint density at radius 2 is 1.64 bits per heavy atom. The number of aliphatic hydroxyl groups is 1. The van der Waals surface area contributed by atoms with Gasteiger partial charge in [-0.2, -0.15) is 0 Å². The van der Waals surface area contributed by atoms with E-state index in [2.05, 4.69) is 26.0 Å². The van der Waals surface area contributed by atoms with E-state index in [4.69, 9.17) is 14.2 Å². The van der Waals surface area contributed by atoms with Gasteiger partial charge in [-0.15, -0.1) is 0 Å². The Balaban J connectivity index is 1.91. The Morgan fingerprint density at radius 3 is 2.24 bits per heavy atom. The molecule has 0 saturated heterocycles. The zero-order valence-electron chi connectivity index (χ0n) is 15.5. The van der Waals surface area contributed by atoms with Gasteiger partial charge in [0.15, 0.2) is 6.29 Å². The molecule has 0 aliphatic heterocycles. The van der Waals surface area contributed by atoms with Crippen molar-refractivity contribution < 1.29 is 19.3 Å². The Morgan fingerprint density at radius 1 is 0.960 bits per heavy atom. The fraction of sp³-hybridized carbons (Fsp3) is 0.429. The SMILES string of the molecule is CCC(C)c1ccc(OC(C)OCc2ccc(OC)cc2CO)cc1. The smallest absolute Gasteiger partial charge is 0.197 e. The fourth-order valence-corrected chi connectivity index (χ4v) is 2.56. The summed E-state index contributed by atoms with van der Waals surface area (Å²) in [7, 11) is 1.61. The number of rotatable bonds is 9. The van der Waals surface area contributed by atoms with Crippen LogP contribution in [0, 0.1) is 0 Å². The minimum absolute atomic E-state index is 0.0534. The van der Waals surface area contributed by atoms with Crippen molar-refractivity contribution >= 4 is 0 Å². The van der Waals surface area contributed by atoms with Crippen molar-refractivity contribution in [3.8, 4) is 11.5 Å². The Labute approximate surface area is 150 Å². The largest absolute Gasteiger partial charge is 0.497 e. The molecule has 0 spiro atoms. The van der Waals surface area contributed by atoms with E-state index in [-0.39, 0.29) is 12.9 Å². The second-order valence-corrected chi connectivity index (χ2v) is 6.17. The molecule has 2 aromatic carbocycles. The molecule has 2 unspecified atom stereocenters. The molecule has 0 fully saturated rings. The maximum atomic E-state index is 9.49. The van der Waals surface area contributed by atoms with Crippen LogP contribution in [0.4, 0.5) is 0 Å². The maximum absolute atomic E-state index is 9.49. The van der Waals surface area contributed by atoms with Crippen molar-refractivity contribution in [2.24, 2.45) is 0 Å². The first kappa shape index (κ1) is 19.3. The minimum Gasteiger partial charge on any atom is -0.497 e. The highest BCUT2D eigenvalue weighted by atomic mass is 16.7. The molecule has 0 aliphatic rings. The lowest BCUT2D eigenvalue weighted by Gasteiger charge is -2.17. The van der Waals surface area contributed by atoms with Crippen LogP contribution in [0.5, 0.6) is 11.5 Å². The van der Waals surface area contributed by atoms with Gasteiger partial charge in [-0.05, 0) is 60.2 Å². The molecule has 0 radical (unpaired) electrons. The lowest BCUT2D eigenvalue weighted by molar-refractivity contribution is -0.0762. The molecule has 4 nitrogen and oxygen atoms in total. The third-order valence-corrected chi connectivity index (χ3v) is 4.42. The fourth-order valence-electron chi connectivity index (χ4n) is 2.56. The van der Waals surface area contributed by atoms with E-state index in [9.17, 15) is 5.11 Å². The molecule has 0 amide bonds. The molecule has 4 heteroatoms. The molecule has 2 aromatic rings. The first-order chi connectivity index (χ1) is 12.1. The molecule has 0 aliphatic carbocycles. The molecule has 0 heterocycles. The first-order valence-corrected chi connectivity index (χ1v) is 8.72.